The number of H-pyrrole nitrogens is 2. The number of aliphatic hydroxyl groups is 1. The molecule has 14 heteroatoms. The largest absolute Gasteiger partial charge is 0.468 e. The number of hydrogen-bond acceptors (Lipinski definition) is 12. The monoisotopic (exact) mass is 690 g/mol. The van der Waals surface area contributed by atoms with Gasteiger partial charge in [-0.2, -0.15) is 0 Å². The average molecular weight is 691 g/mol. The number of oxazole rings is 1. The number of aliphatic hydroxyl groups excluding tert-OH is 1. The first-order chi connectivity index (χ1) is 24.7. The van der Waals surface area contributed by atoms with Gasteiger partial charge in [-0.25, -0.2) is 24.5 Å². The van der Waals surface area contributed by atoms with E-state index >= 15 is 0 Å². The number of para-hydroxylation sites is 4. The fraction of sp³-hybridized carbons (Fsp3) is 0.135. The van der Waals surface area contributed by atoms with Crippen molar-refractivity contribution in [2.24, 2.45) is 5.73 Å². The van der Waals surface area contributed by atoms with Crippen molar-refractivity contribution < 1.29 is 38.1 Å². The maximum atomic E-state index is 11.4. The van der Waals surface area contributed by atoms with Gasteiger partial charge < -0.3 is 39.4 Å². The molecular formula is C37H34N6O8. The summed E-state index contributed by atoms with van der Waals surface area (Å²) in [5, 5.41) is 8.21. The maximum absolute atomic E-state index is 11.4. The topological polar surface area (TPSA) is 209 Å². The minimum absolute atomic E-state index is 0.147. The molecule has 5 N–H and O–H groups in total. The Kier molecular flexibility index (Phi) is 11.6. The summed E-state index contributed by atoms with van der Waals surface area (Å²) in [5.41, 5.74) is 12.2. The number of nitrogens with one attached hydrogen (secondary N) is 2. The second kappa shape index (κ2) is 16.6. The number of carbonyl (C=O) groups is 3. The fourth-order valence-electron chi connectivity index (χ4n) is 4.66. The van der Waals surface area contributed by atoms with E-state index in [9.17, 15) is 14.4 Å². The van der Waals surface area contributed by atoms with Crippen LogP contribution in [-0.4, -0.2) is 81.9 Å². The van der Waals surface area contributed by atoms with E-state index in [0.29, 0.717) is 11.5 Å². The molecule has 0 spiro atoms. The highest BCUT2D eigenvalue weighted by Gasteiger charge is 2.14. The number of ether oxygens (including phenoxy) is 3. The number of aromatic amines is 2. The van der Waals surface area contributed by atoms with Gasteiger partial charge in [0.2, 0.25) is 5.89 Å². The standard InChI is InChI=1S/C18H13N3O3.C15H12N2O2.C4H9NO3/c1-23-18(22)15-10-24-17(21-15)12-8-6-11(7-9-12)16-19-13-4-2-3-5-14(13)20-16;1-19-15(18)11-8-6-10(7-9-11)14-16-12-4-2-3-5-13(12)17-14;1-8-4(7)3(5)2-6/h2-10H,1H3,(H,19,20);2-9H,1H3,(H,16,17);3,6H,2,5H2,1H3. The van der Waals surface area contributed by atoms with E-state index < -0.39 is 18.0 Å². The Bertz CT molecular complexity index is 2170. The number of nitrogens with two attached hydrogens (primary N) is 1. The Balaban J connectivity index is 0.000000167. The smallest absolute Gasteiger partial charge is 0.360 e. The number of rotatable bonds is 7. The predicted octanol–water partition coefficient (Wildman–Crippen LogP) is 5.17. The number of imidazole rings is 2. The molecule has 0 fully saturated rings. The molecule has 1 atom stereocenters. The lowest BCUT2D eigenvalue weighted by Gasteiger charge is -2.02. The highest BCUT2D eigenvalue weighted by molar-refractivity contribution is 5.90. The molecule has 0 aliphatic rings. The number of nitrogens with zero attached hydrogens (tertiary/aromatic N) is 3. The van der Waals surface area contributed by atoms with E-state index in [1.165, 1.54) is 27.6 Å². The zero-order valence-electron chi connectivity index (χ0n) is 27.8. The Morgan fingerprint density at radius 3 is 1.63 bits per heavy atom. The van der Waals surface area contributed by atoms with Gasteiger partial charge in [-0.15, -0.1) is 0 Å². The van der Waals surface area contributed by atoms with Crippen molar-refractivity contribution in [2.45, 2.75) is 6.04 Å². The number of esters is 3. The molecule has 0 radical (unpaired) electrons. The van der Waals surface area contributed by atoms with Crippen LogP contribution in [0.15, 0.2) is 108 Å². The van der Waals surface area contributed by atoms with Gasteiger partial charge in [0.15, 0.2) is 5.69 Å². The van der Waals surface area contributed by atoms with Crippen LogP contribution in [-0.2, 0) is 19.0 Å². The van der Waals surface area contributed by atoms with Gasteiger partial charge >= 0.3 is 17.9 Å². The van der Waals surface area contributed by atoms with E-state index in [0.717, 1.165) is 50.4 Å². The second-order valence-corrected chi connectivity index (χ2v) is 10.7. The molecular weight excluding hydrogens is 656 g/mol. The number of hydrogen-bond donors (Lipinski definition) is 4. The first kappa shape index (κ1) is 35.7. The Hall–Kier alpha value is -6.64. The fourth-order valence-corrected chi connectivity index (χ4v) is 4.66. The normalized spacial score (nSPS) is 11.1. The first-order valence-electron chi connectivity index (χ1n) is 15.4. The van der Waals surface area contributed by atoms with E-state index in [1.54, 1.807) is 12.1 Å². The third-order valence-corrected chi connectivity index (χ3v) is 7.36. The molecule has 0 saturated carbocycles. The van der Waals surface area contributed by atoms with Crippen LogP contribution in [0.3, 0.4) is 0 Å². The minimum Gasteiger partial charge on any atom is -0.468 e. The molecule has 4 aromatic carbocycles. The lowest BCUT2D eigenvalue weighted by atomic mass is 10.1. The molecule has 0 aliphatic heterocycles. The third kappa shape index (κ3) is 8.70. The van der Waals surface area contributed by atoms with Gasteiger partial charge in [-0.1, -0.05) is 48.5 Å². The lowest BCUT2D eigenvalue weighted by molar-refractivity contribution is -0.143. The molecule has 7 aromatic rings. The average Bonchev–Trinajstić information content (AvgIpc) is 3.96. The maximum Gasteiger partial charge on any atom is 0.360 e. The Morgan fingerprint density at radius 2 is 1.18 bits per heavy atom. The lowest BCUT2D eigenvalue weighted by Crippen LogP contribution is -2.34. The molecule has 0 bridgehead atoms. The highest BCUT2D eigenvalue weighted by Crippen LogP contribution is 2.25. The number of methoxy groups -OCH3 is 3. The summed E-state index contributed by atoms with van der Waals surface area (Å²) in [5.74, 6) is 0.502. The summed E-state index contributed by atoms with van der Waals surface area (Å²) in [7, 11) is 3.90. The van der Waals surface area contributed by atoms with E-state index in [2.05, 4.69) is 39.1 Å². The zero-order chi connectivity index (χ0) is 36.3. The number of benzene rings is 4. The van der Waals surface area contributed by atoms with Crippen LogP contribution in [0.25, 0.3) is 56.3 Å². The molecule has 0 aliphatic carbocycles. The molecule has 7 rings (SSSR count). The van der Waals surface area contributed by atoms with Crippen LogP contribution < -0.4 is 5.73 Å². The van der Waals surface area contributed by atoms with Crippen molar-refractivity contribution in [1.82, 2.24) is 24.9 Å². The predicted molar refractivity (Wildman–Crippen MR) is 188 cm³/mol. The van der Waals surface area contributed by atoms with E-state index in [4.69, 9.17) is 15.3 Å². The van der Waals surface area contributed by atoms with Crippen molar-refractivity contribution in [3.05, 3.63) is 115 Å². The summed E-state index contributed by atoms with van der Waals surface area (Å²) < 4.78 is 18.8. The van der Waals surface area contributed by atoms with Gasteiger partial charge in [0.25, 0.3) is 0 Å². The van der Waals surface area contributed by atoms with Crippen LogP contribution in [0, 0.1) is 0 Å². The molecule has 3 heterocycles. The Labute approximate surface area is 291 Å². The van der Waals surface area contributed by atoms with Crippen molar-refractivity contribution in [2.75, 3.05) is 27.9 Å². The number of fused-ring (bicyclic) bond motifs is 2. The summed E-state index contributed by atoms with van der Waals surface area (Å²) in [6, 6.07) is 29.6. The highest BCUT2D eigenvalue weighted by atomic mass is 16.5. The van der Waals surface area contributed by atoms with Gasteiger partial charge in [0.05, 0.1) is 55.6 Å². The van der Waals surface area contributed by atoms with Crippen LogP contribution in [0.1, 0.15) is 20.8 Å². The molecule has 14 nitrogen and oxygen atoms in total. The molecule has 51 heavy (non-hydrogen) atoms. The van der Waals surface area contributed by atoms with Crippen molar-refractivity contribution >= 4 is 40.0 Å². The summed E-state index contributed by atoms with van der Waals surface area (Å²) in [4.78, 5) is 52.7. The SMILES string of the molecule is COC(=O)C(N)CO.COC(=O)c1ccc(-c2nc3ccccc3[nH]2)cc1.COC(=O)c1coc(-c2ccc(-c3nc4ccccc4[nH]3)cc2)n1. The molecule has 0 amide bonds. The van der Waals surface area contributed by atoms with Crippen molar-refractivity contribution in [1.29, 1.82) is 0 Å². The first-order valence-corrected chi connectivity index (χ1v) is 15.4. The molecule has 260 valence electrons. The third-order valence-electron chi connectivity index (χ3n) is 7.36. The zero-order valence-corrected chi connectivity index (χ0v) is 27.8. The summed E-state index contributed by atoms with van der Waals surface area (Å²) in [6.07, 6.45) is 1.29. The van der Waals surface area contributed by atoms with Crippen LogP contribution in [0.2, 0.25) is 0 Å². The van der Waals surface area contributed by atoms with Gasteiger partial charge in [-0.3, -0.25) is 4.79 Å². The number of aromatic nitrogens is 5. The van der Waals surface area contributed by atoms with Crippen molar-refractivity contribution in [3.8, 4) is 34.2 Å². The second-order valence-electron chi connectivity index (χ2n) is 10.7. The number of carbonyl (C=O) groups excluding carboxylic acids is 3. The van der Waals surface area contributed by atoms with E-state index in [1.807, 2.05) is 84.9 Å². The van der Waals surface area contributed by atoms with Gasteiger partial charge in [0.1, 0.15) is 24.0 Å². The Morgan fingerprint density at radius 1 is 0.686 bits per heavy atom. The van der Waals surface area contributed by atoms with Crippen LogP contribution in [0.4, 0.5) is 0 Å². The van der Waals surface area contributed by atoms with Crippen molar-refractivity contribution in [3.63, 3.8) is 0 Å². The molecule has 0 saturated heterocycles. The molecule has 3 aromatic heterocycles. The van der Waals surface area contributed by atoms with Crippen LogP contribution in [0.5, 0.6) is 0 Å². The molecule has 1 unspecified atom stereocenters. The summed E-state index contributed by atoms with van der Waals surface area (Å²) >= 11 is 0. The minimum atomic E-state index is -0.889. The van der Waals surface area contributed by atoms with Gasteiger partial charge in [-0.05, 0) is 48.5 Å². The quantitative estimate of drug-likeness (QED) is 0.126. The van der Waals surface area contributed by atoms with Crippen LogP contribution >= 0.6 is 0 Å². The summed E-state index contributed by atoms with van der Waals surface area (Å²) in [6.45, 7) is -0.368. The van der Waals surface area contributed by atoms with Gasteiger partial charge in [0, 0.05) is 16.7 Å². The van der Waals surface area contributed by atoms with E-state index in [-0.39, 0.29) is 18.3 Å².